The Bertz CT molecular complexity index is 554. The molecular weight excluding hydrogens is 260 g/mol. The molecule has 17 heavy (non-hydrogen) atoms. The maximum Gasteiger partial charge on any atom is 0.287 e. The maximum absolute atomic E-state index is 11.8. The van der Waals surface area contributed by atoms with Gasteiger partial charge in [-0.3, -0.25) is 0 Å². The first-order valence-electron chi connectivity index (χ1n) is 5.43. The van der Waals surface area contributed by atoms with Gasteiger partial charge in [-0.15, -0.1) is 4.40 Å². The number of benzene rings is 1. The number of rotatable bonds is 3. The van der Waals surface area contributed by atoms with Gasteiger partial charge in [-0.1, -0.05) is 25.5 Å². The summed E-state index contributed by atoms with van der Waals surface area (Å²) in [6.45, 7) is 2.74. The molecule has 0 atom stereocenters. The molecule has 92 valence electrons. The molecule has 0 radical (unpaired) electrons. The number of nitrogens with zero attached hydrogens (tertiary/aromatic N) is 2. The number of para-hydroxylation sites is 1. The molecule has 0 spiro atoms. The van der Waals surface area contributed by atoms with Gasteiger partial charge in [-0.05, 0) is 30.2 Å². The van der Waals surface area contributed by atoms with E-state index in [0.717, 1.165) is 12.8 Å². The summed E-state index contributed by atoms with van der Waals surface area (Å²) in [4.78, 5) is 1.96. The number of hydrogen-bond donors (Lipinski definition) is 0. The van der Waals surface area contributed by atoms with Gasteiger partial charge in [0.15, 0.2) is 0 Å². The molecule has 1 aromatic carbocycles. The molecule has 4 nitrogen and oxygen atoms in total. The third-order valence-electron chi connectivity index (χ3n) is 2.59. The van der Waals surface area contributed by atoms with E-state index in [2.05, 4.69) is 11.3 Å². The second-order valence-electron chi connectivity index (χ2n) is 3.81. The molecule has 6 heteroatoms. The third-order valence-corrected chi connectivity index (χ3v) is 4.29. The summed E-state index contributed by atoms with van der Waals surface area (Å²) in [6.07, 6.45) is 1.94. The Morgan fingerprint density at radius 3 is 2.76 bits per heavy atom. The molecule has 0 saturated carbocycles. The van der Waals surface area contributed by atoms with E-state index in [9.17, 15) is 8.42 Å². The Morgan fingerprint density at radius 1 is 1.35 bits per heavy atom. The van der Waals surface area contributed by atoms with Crippen LogP contribution in [0.1, 0.15) is 19.8 Å². The van der Waals surface area contributed by atoms with Crippen LogP contribution >= 0.6 is 11.6 Å². The minimum absolute atomic E-state index is 0.0251. The van der Waals surface area contributed by atoms with Crippen molar-refractivity contribution in [1.82, 2.24) is 0 Å². The van der Waals surface area contributed by atoms with E-state index in [0.29, 0.717) is 12.2 Å². The molecule has 0 bridgehead atoms. The van der Waals surface area contributed by atoms with E-state index in [1.807, 2.05) is 0 Å². The first kappa shape index (κ1) is 12.4. The average molecular weight is 273 g/mol. The monoisotopic (exact) mass is 272 g/mol. The van der Waals surface area contributed by atoms with Crippen LogP contribution in [-0.2, 0) is 10.0 Å². The smallest absolute Gasteiger partial charge is 0.287 e. The molecule has 1 heterocycles. The highest BCUT2D eigenvalue weighted by atomic mass is 35.5. The minimum Gasteiger partial charge on any atom is -0.315 e. The fraction of sp³-hybridized carbons (Fsp3) is 0.364. The highest BCUT2D eigenvalue weighted by molar-refractivity contribution is 7.90. The summed E-state index contributed by atoms with van der Waals surface area (Å²) < 4.78 is 27.2. The number of fused-ring (bicyclic) bond motifs is 1. The number of amidine groups is 1. The van der Waals surface area contributed by atoms with Crippen molar-refractivity contribution < 1.29 is 8.42 Å². The van der Waals surface area contributed by atoms with Crippen LogP contribution in [-0.4, -0.2) is 20.3 Å². The van der Waals surface area contributed by atoms with Gasteiger partial charge in [0.25, 0.3) is 10.0 Å². The fourth-order valence-electron chi connectivity index (χ4n) is 1.72. The molecule has 1 aliphatic rings. The normalized spacial score (nSPS) is 17.5. The molecule has 0 N–H and O–H groups in total. The number of unbranched alkanes of at least 4 members (excludes halogenated alkanes) is 1. The molecule has 1 aliphatic heterocycles. The van der Waals surface area contributed by atoms with Crippen molar-refractivity contribution in [1.29, 1.82) is 0 Å². The van der Waals surface area contributed by atoms with Crippen LogP contribution in [0.4, 0.5) is 5.69 Å². The van der Waals surface area contributed by atoms with Crippen LogP contribution in [0, 0.1) is 0 Å². The summed E-state index contributed by atoms with van der Waals surface area (Å²) in [5, 5.41) is 0.0251. The van der Waals surface area contributed by atoms with Crippen LogP contribution in [0.5, 0.6) is 0 Å². The second kappa shape index (κ2) is 4.66. The van der Waals surface area contributed by atoms with E-state index in [1.165, 1.54) is 0 Å². The van der Waals surface area contributed by atoms with Crippen molar-refractivity contribution in [3.05, 3.63) is 24.3 Å². The molecule has 2 rings (SSSR count). The van der Waals surface area contributed by atoms with Gasteiger partial charge in [-0.2, -0.15) is 8.42 Å². The highest BCUT2D eigenvalue weighted by Crippen LogP contribution is 2.32. The number of halogens is 1. The predicted molar refractivity (Wildman–Crippen MR) is 69.2 cm³/mol. The van der Waals surface area contributed by atoms with Crippen molar-refractivity contribution in [2.45, 2.75) is 24.7 Å². The van der Waals surface area contributed by atoms with Crippen LogP contribution in [0.15, 0.2) is 33.6 Å². The van der Waals surface area contributed by atoms with Gasteiger partial charge in [-0.25, -0.2) is 0 Å². The van der Waals surface area contributed by atoms with Crippen LogP contribution < -0.4 is 4.90 Å². The zero-order valence-corrected chi connectivity index (χ0v) is 11.0. The zero-order valence-electron chi connectivity index (χ0n) is 9.43. The minimum atomic E-state index is -3.63. The Morgan fingerprint density at radius 2 is 2.06 bits per heavy atom. The molecule has 1 aromatic rings. The zero-order chi connectivity index (χ0) is 12.5. The topological polar surface area (TPSA) is 49.7 Å². The van der Waals surface area contributed by atoms with Crippen molar-refractivity contribution >= 4 is 32.6 Å². The summed E-state index contributed by atoms with van der Waals surface area (Å²) >= 11 is 5.93. The Balaban J connectivity index is 2.50. The molecular formula is C11H13ClN2O2S. The van der Waals surface area contributed by atoms with Crippen molar-refractivity contribution in [2.75, 3.05) is 11.4 Å². The largest absolute Gasteiger partial charge is 0.315 e. The van der Waals surface area contributed by atoms with Crippen molar-refractivity contribution in [2.24, 2.45) is 4.40 Å². The van der Waals surface area contributed by atoms with E-state index in [4.69, 9.17) is 11.6 Å². The first-order chi connectivity index (χ1) is 8.06. The molecule has 0 aromatic heterocycles. The Labute approximate surface area is 106 Å². The summed E-state index contributed by atoms with van der Waals surface area (Å²) in [6, 6.07) is 6.78. The summed E-state index contributed by atoms with van der Waals surface area (Å²) in [5.41, 5.74) is 0.612. The first-order valence-corrected chi connectivity index (χ1v) is 7.25. The van der Waals surface area contributed by atoms with E-state index >= 15 is 0 Å². The van der Waals surface area contributed by atoms with Crippen LogP contribution in [0.25, 0.3) is 0 Å². The SMILES string of the molecule is CCCCN1C(Cl)=NS(=O)(=O)c2ccccc21. The van der Waals surface area contributed by atoms with Gasteiger partial charge in [0.1, 0.15) is 4.90 Å². The Hall–Kier alpha value is -1.07. The average Bonchev–Trinajstić information content (AvgIpc) is 2.28. The van der Waals surface area contributed by atoms with E-state index in [-0.39, 0.29) is 10.2 Å². The van der Waals surface area contributed by atoms with Crippen LogP contribution in [0.3, 0.4) is 0 Å². The maximum atomic E-state index is 11.8. The second-order valence-corrected chi connectivity index (χ2v) is 5.72. The summed E-state index contributed by atoms with van der Waals surface area (Å²) in [7, 11) is -3.63. The lowest BCUT2D eigenvalue weighted by atomic mass is 10.2. The van der Waals surface area contributed by atoms with Crippen LogP contribution in [0.2, 0.25) is 0 Å². The molecule has 0 aliphatic carbocycles. The lowest BCUT2D eigenvalue weighted by Crippen LogP contribution is -2.33. The molecule has 0 saturated heterocycles. The van der Waals surface area contributed by atoms with Gasteiger partial charge in [0, 0.05) is 6.54 Å². The van der Waals surface area contributed by atoms with E-state index in [1.54, 1.807) is 29.2 Å². The highest BCUT2D eigenvalue weighted by Gasteiger charge is 2.28. The number of sulfonamides is 1. The van der Waals surface area contributed by atoms with Gasteiger partial charge < -0.3 is 4.90 Å². The van der Waals surface area contributed by atoms with Gasteiger partial charge in [0.05, 0.1) is 5.69 Å². The third kappa shape index (κ3) is 2.30. The van der Waals surface area contributed by atoms with E-state index < -0.39 is 10.0 Å². The lowest BCUT2D eigenvalue weighted by Gasteiger charge is -2.27. The van der Waals surface area contributed by atoms with Crippen molar-refractivity contribution in [3.8, 4) is 0 Å². The summed E-state index contributed by atoms with van der Waals surface area (Å²) in [5.74, 6) is 0. The number of anilines is 1. The molecule has 0 unspecified atom stereocenters. The Kier molecular flexibility index (Phi) is 3.40. The quantitative estimate of drug-likeness (QED) is 0.795. The molecule has 0 amide bonds. The number of hydrogen-bond acceptors (Lipinski definition) is 3. The lowest BCUT2D eigenvalue weighted by molar-refractivity contribution is 0.596. The fourth-order valence-corrected chi connectivity index (χ4v) is 3.26. The van der Waals surface area contributed by atoms with Gasteiger partial charge in [0.2, 0.25) is 5.29 Å². The standard InChI is InChI=1S/C11H13ClN2O2S/c1-2-3-8-14-9-6-4-5-7-10(9)17(15,16)13-11(14)12/h4-7H,2-3,8H2,1H3. The molecule has 0 fully saturated rings. The van der Waals surface area contributed by atoms with Crippen molar-refractivity contribution in [3.63, 3.8) is 0 Å². The van der Waals surface area contributed by atoms with Gasteiger partial charge >= 0.3 is 0 Å². The predicted octanol–water partition coefficient (Wildman–Crippen LogP) is 2.59.